The molecule has 104 valence electrons. The number of ether oxygens (including phenoxy) is 2. The standard InChI is InChI=1S/C17H13NO3/c1-20-16-4-2-3-13(11-16)7-10-17(19)21-15-8-5-14(12-18)6-9-15/h2-11H,1H3/b10-7+. The zero-order valence-electron chi connectivity index (χ0n) is 11.4. The fourth-order valence-electron chi connectivity index (χ4n) is 1.66. The summed E-state index contributed by atoms with van der Waals surface area (Å²) >= 11 is 0. The molecule has 0 aliphatic rings. The molecule has 0 N–H and O–H groups in total. The van der Waals surface area contributed by atoms with Crippen molar-refractivity contribution in [1.82, 2.24) is 0 Å². The van der Waals surface area contributed by atoms with E-state index >= 15 is 0 Å². The van der Waals surface area contributed by atoms with Crippen LogP contribution in [0.3, 0.4) is 0 Å². The van der Waals surface area contributed by atoms with Crippen molar-refractivity contribution in [2.45, 2.75) is 0 Å². The monoisotopic (exact) mass is 279 g/mol. The fourth-order valence-corrected chi connectivity index (χ4v) is 1.66. The van der Waals surface area contributed by atoms with Crippen LogP contribution in [0.1, 0.15) is 11.1 Å². The van der Waals surface area contributed by atoms with Gasteiger partial charge in [-0.2, -0.15) is 5.26 Å². The lowest BCUT2D eigenvalue weighted by atomic mass is 10.2. The number of carbonyl (C=O) groups is 1. The van der Waals surface area contributed by atoms with Gasteiger partial charge >= 0.3 is 5.97 Å². The van der Waals surface area contributed by atoms with Crippen LogP contribution in [-0.4, -0.2) is 13.1 Å². The second-order valence-electron chi connectivity index (χ2n) is 4.17. The summed E-state index contributed by atoms with van der Waals surface area (Å²) in [6.07, 6.45) is 2.99. The SMILES string of the molecule is COc1cccc(/C=C/C(=O)Oc2ccc(C#N)cc2)c1. The minimum atomic E-state index is -0.484. The Balaban J connectivity index is 2.00. The fraction of sp³-hybridized carbons (Fsp3) is 0.0588. The third kappa shape index (κ3) is 4.22. The van der Waals surface area contributed by atoms with E-state index in [1.165, 1.54) is 6.08 Å². The number of esters is 1. The van der Waals surface area contributed by atoms with Gasteiger partial charge in [-0.1, -0.05) is 12.1 Å². The van der Waals surface area contributed by atoms with Crippen LogP contribution < -0.4 is 9.47 Å². The number of rotatable bonds is 4. The number of carbonyl (C=O) groups excluding carboxylic acids is 1. The minimum Gasteiger partial charge on any atom is -0.497 e. The molecule has 0 amide bonds. The highest BCUT2D eigenvalue weighted by molar-refractivity contribution is 5.88. The maximum atomic E-state index is 11.7. The van der Waals surface area contributed by atoms with Crippen LogP contribution in [0, 0.1) is 11.3 Å². The summed E-state index contributed by atoms with van der Waals surface area (Å²) in [4.78, 5) is 11.7. The normalized spacial score (nSPS) is 10.1. The van der Waals surface area contributed by atoms with Gasteiger partial charge in [-0.15, -0.1) is 0 Å². The largest absolute Gasteiger partial charge is 0.497 e. The summed E-state index contributed by atoms with van der Waals surface area (Å²) in [6.45, 7) is 0. The lowest BCUT2D eigenvalue weighted by molar-refractivity contribution is -0.128. The van der Waals surface area contributed by atoms with Gasteiger partial charge in [0.2, 0.25) is 0 Å². The second-order valence-corrected chi connectivity index (χ2v) is 4.17. The topological polar surface area (TPSA) is 59.3 Å². The summed E-state index contributed by atoms with van der Waals surface area (Å²) < 4.78 is 10.2. The van der Waals surface area contributed by atoms with Gasteiger partial charge in [-0.3, -0.25) is 0 Å². The smallest absolute Gasteiger partial charge is 0.336 e. The van der Waals surface area contributed by atoms with E-state index < -0.39 is 5.97 Å². The Bertz CT molecular complexity index is 697. The molecule has 0 heterocycles. The van der Waals surface area contributed by atoms with Crippen molar-refractivity contribution in [2.75, 3.05) is 7.11 Å². The summed E-state index contributed by atoms with van der Waals surface area (Å²) in [5.41, 5.74) is 1.35. The third-order valence-electron chi connectivity index (χ3n) is 2.71. The van der Waals surface area contributed by atoms with E-state index in [4.69, 9.17) is 14.7 Å². The molecule has 4 heteroatoms. The zero-order valence-corrected chi connectivity index (χ0v) is 11.4. The first kappa shape index (κ1) is 14.4. The van der Waals surface area contributed by atoms with Crippen LogP contribution in [0.5, 0.6) is 11.5 Å². The highest BCUT2D eigenvalue weighted by atomic mass is 16.5. The summed E-state index contributed by atoms with van der Waals surface area (Å²) in [7, 11) is 1.59. The summed E-state index contributed by atoms with van der Waals surface area (Å²) in [5, 5.41) is 8.68. The van der Waals surface area contributed by atoms with Crippen molar-refractivity contribution >= 4 is 12.0 Å². The summed E-state index contributed by atoms with van der Waals surface area (Å²) in [6, 6.07) is 15.7. The quantitative estimate of drug-likeness (QED) is 0.490. The molecule has 0 aromatic heterocycles. The second kappa shape index (κ2) is 6.92. The van der Waals surface area contributed by atoms with Crippen LogP contribution in [0.15, 0.2) is 54.6 Å². The Hall–Kier alpha value is -3.06. The van der Waals surface area contributed by atoms with Gasteiger partial charge in [0.15, 0.2) is 0 Å². The van der Waals surface area contributed by atoms with Crippen molar-refractivity contribution in [1.29, 1.82) is 5.26 Å². The molecule has 0 atom stereocenters. The molecule has 2 aromatic carbocycles. The Morgan fingerprint density at radius 3 is 2.57 bits per heavy atom. The molecule has 2 aromatic rings. The number of hydrogen-bond acceptors (Lipinski definition) is 4. The first-order valence-electron chi connectivity index (χ1n) is 6.25. The molecule has 0 unspecified atom stereocenters. The number of benzene rings is 2. The highest BCUT2D eigenvalue weighted by Gasteiger charge is 2.01. The molecule has 0 fully saturated rings. The van der Waals surface area contributed by atoms with E-state index in [1.807, 2.05) is 30.3 Å². The predicted molar refractivity (Wildman–Crippen MR) is 78.8 cm³/mol. The lowest BCUT2D eigenvalue weighted by Crippen LogP contribution is -2.03. The van der Waals surface area contributed by atoms with Gasteiger partial charge in [0, 0.05) is 6.08 Å². The van der Waals surface area contributed by atoms with Crippen molar-refractivity contribution in [3.8, 4) is 17.6 Å². The third-order valence-corrected chi connectivity index (χ3v) is 2.71. The molecule has 21 heavy (non-hydrogen) atoms. The molecular weight excluding hydrogens is 266 g/mol. The average molecular weight is 279 g/mol. The molecule has 0 aliphatic carbocycles. The highest BCUT2D eigenvalue weighted by Crippen LogP contribution is 2.15. The van der Waals surface area contributed by atoms with Crippen LogP contribution in [0.2, 0.25) is 0 Å². The van der Waals surface area contributed by atoms with Crippen molar-refractivity contribution in [2.24, 2.45) is 0 Å². The zero-order chi connectivity index (χ0) is 15.1. The Morgan fingerprint density at radius 1 is 1.14 bits per heavy atom. The Morgan fingerprint density at radius 2 is 1.90 bits per heavy atom. The van der Waals surface area contributed by atoms with Crippen molar-refractivity contribution < 1.29 is 14.3 Å². The molecule has 2 rings (SSSR count). The van der Waals surface area contributed by atoms with Gasteiger partial charge in [-0.25, -0.2) is 4.79 Å². The minimum absolute atomic E-state index is 0.397. The molecule has 0 saturated heterocycles. The molecular formula is C17H13NO3. The first-order valence-corrected chi connectivity index (χ1v) is 6.25. The van der Waals surface area contributed by atoms with E-state index in [2.05, 4.69) is 0 Å². The van der Waals surface area contributed by atoms with E-state index in [0.717, 1.165) is 11.3 Å². The lowest BCUT2D eigenvalue weighted by Gasteiger charge is -2.01. The van der Waals surface area contributed by atoms with Crippen molar-refractivity contribution in [3.05, 3.63) is 65.7 Å². The van der Waals surface area contributed by atoms with Crippen LogP contribution >= 0.6 is 0 Å². The van der Waals surface area contributed by atoms with Gasteiger partial charge < -0.3 is 9.47 Å². The first-order chi connectivity index (χ1) is 10.2. The maximum absolute atomic E-state index is 11.7. The van der Waals surface area contributed by atoms with Gasteiger partial charge in [0.05, 0.1) is 18.7 Å². The number of hydrogen-bond donors (Lipinski definition) is 0. The molecule has 0 radical (unpaired) electrons. The molecule has 0 spiro atoms. The van der Waals surface area contributed by atoms with Crippen LogP contribution in [-0.2, 0) is 4.79 Å². The van der Waals surface area contributed by atoms with Crippen molar-refractivity contribution in [3.63, 3.8) is 0 Å². The predicted octanol–water partition coefficient (Wildman–Crippen LogP) is 3.19. The Kier molecular flexibility index (Phi) is 4.73. The van der Waals surface area contributed by atoms with Crippen LogP contribution in [0.4, 0.5) is 0 Å². The van der Waals surface area contributed by atoms with Crippen LogP contribution in [0.25, 0.3) is 6.08 Å². The van der Waals surface area contributed by atoms with E-state index in [-0.39, 0.29) is 0 Å². The molecule has 0 saturated carbocycles. The maximum Gasteiger partial charge on any atom is 0.336 e. The number of nitriles is 1. The van der Waals surface area contributed by atoms with E-state index in [1.54, 1.807) is 37.5 Å². The van der Waals surface area contributed by atoms with E-state index in [9.17, 15) is 4.79 Å². The molecule has 0 bridgehead atoms. The molecule has 4 nitrogen and oxygen atoms in total. The van der Waals surface area contributed by atoms with Gasteiger partial charge in [0.1, 0.15) is 11.5 Å². The van der Waals surface area contributed by atoms with Gasteiger partial charge in [-0.05, 0) is 48.0 Å². The molecule has 0 aliphatic heterocycles. The number of nitrogens with zero attached hydrogens (tertiary/aromatic N) is 1. The number of methoxy groups -OCH3 is 1. The van der Waals surface area contributed by atoms with E-state index in [0.29, 0.717) is 11.3 Å². The van der Waals surface area contributed by atoms with Gasteiger partial charge in [0.25, 0.3) is 0 Å². The summed E-state index contributed by atoms with van der Waals surface area (Å²) in [5.74, 6) is 0.634. The Labute approximate surface area is 122 Å². The average Bonchev–Trinajstić information content (AvgIpc) is 2.54.